The molecule has 0 saturated carbocycles. The minimum absolute atomic E-state index is 0.149. The normalized spacial score (nSPS) is 12.3. The number of ketones is 1. The van der Waals surface area contributed by atoms with Gasteiger partial charge in [-0.3, -0.25) is 4.79 Å². The molecule has 0 aliphatic heterocycles. The molecule has 0 N–H and O–H groups in total. The number of allylic oxidation sites excluding steroid dienone is 1. The number of methoxy groups -OCH3 is 1. The predicted octanol–water partition coefficient (Wildman–Crippen LogP) is 5.16. The molecule has 0 saturated heterocycles. The first kappa shape index (κ1) is 17.4. The van der Waals surface area contributed by atoms with Gasteiger partial charge in [-0.05, 0) is 35.1 Å². The summed E-state index contributed by atoms with van der Waals surface area (Å²) in [5.41, 5.74) is 2.21. The van der Waals surface area contributed by atoms with E-state index in [1.54, 1.807) is 24.9 Å². The minimum atomic E-state index is 0.149. The number of carbonyl (C=O) groups is 1. The summed E-state index contributed by atoms with van der Waals surface area (Å²) >= 11 is 1.80. The third-order valence-electron chi connectivity index (χ3n) is 3.50. The topological polar surface area (TPSA) is 26.3 Å². The molecule has 2 nitrogen and oxygen atoms in total. The fourth-order valence-electron chi connectivity index (χ4n) is 2.30. The highest BCUT2D eigenvalue weighted by Gasteiger charge is 2.14. The summed E-state index contributed by atoms with van der Waals surface area (Å²) in [7, 11) is 1.66. The average molecular weight is 326 g/mol. The van der Waals surface area contributed by atoms with Crippen LogP contribution >= 0.6 is 11.8 Å². The average Bonchev–Trinajstić information content (AvgIpc) is 2.60. The van der Waals surface area contributed by atoms with Crippen molar-refractivity contribution in [2.24, 2.45) is 0 Å². The Morgan fingerprint density at radius 2 is 1.83 bits per heavy atom. The van der Waals surface area contributed by atoms with Crippen molar-refractivity contribution in [3.63, 3.8) is 0 Å². The van der Waals surface area contributed by atoms with Crippen LogP contribution in [-0.4, -0.2) is 18.6 Å². The maximum Gasteiger partial charge on any atom is 0.157 e. The van der Waals surface area contributed by atoms with Crippen LogP contribution in [0.25, 0.3) is 6.08 Å². The van der Waals surface area contributed by atoms with Gasteiger partial charge in [0.15, 0.2) is 5.78 Å². The second-order valence-corrected chi connectivity index (χ2v) is 6.61. The number of hydrogen-bond acceptors (Lipinski definition) is 3. The lowest BCUT2D eigenvalue weighted by molar-refractivity contribution is -0.114. The molecule has 0 spiro atoms. The molecule has 1 atom stereocenters. The van der Waals surface area contributed by atoms with E-state index in [2.05, 4.69) is 6.92 Å². The van der Waals surface area contributed by atoms with Crippen molar-refractivity contribution in [3.8, 4) is 5.75 Å². The predicted molar refractivity (Wildman–Crippen MR) is 99.0 cm³/mol. The molecule has 0 heterocycles. The molecule has 0 unspecified atom stereocenters. The minimum Gasteiger partial charge on any atom is -0.497 e. The molecule has 0 bridgehead atoms. The maximum absolute atomic E-state index is 12.3. The van der Waals surface area contributed by atoms with Crippen LogP contribution in [0.2, 0.25) is 0 Å². The summed E-state index contributed by atoms with van der Waals surface area (Å²) in [4.78, 5) is 12.3. The van der Waals surface area contributed by atoms with E-state index in [4.69, 9.17) is 4.74 Å². The second-order valence-electron chi connectivity index (χ2n) is 5.13. The van der Waals surface area contributed by atoms with Gasteiger partial charge >= 0.3 is 0 Å². The molecule has 0 fully saturated rings. The number of ether oxygens (including phenoxy) is 1. The Bertz CT molecular complexity index is 632. The van der Waals surface area contributed by atoms with E-state index in [1.807, 2.05) is 60.7 Å². The Hall–Kier alpha value is -2.00. The lowest BCUT2D eigenvalue weighted by Gasteiger charge is -2.15. The summed E-state index contributed by atoms with van der Waals surface area (Å²) < 4.78 is 5.19. The van der Waals surface area contributed by atoms with Gasteiger partial charge in [0, 0.05) is 11.7 Å². The highest BCUT2D eigenvalue weighted by molar-refractivity contribution is 7.99. The van der Waals surface area contributed by atoms with Gasteiger partial charge in [-0.15, -0.1) is 0 Å². The van der Waals surface area contributed by atoms with Crippen molar-refractivity contribution >= 4 is 23.6 Å². The standard InChI is InChI=1S/C20H22O2S/c1-3-23-20(17-10-13-19(22-2)14-11-17)15-18(21)12-9-16-7-5-4-6-8-16/h4-14,20H,3,15H2,1-2H3/b12-9+/t20-/m1/s1. The molecule has 0 aliphatic rings. The van der Waals surface area contributed by atoms with Crippen LogP contribution in [0.3, 0.4) is 0 Å². The molecule has 2 rings (SSSR count). The summed E-state index contributed by atoms with van der Waals surface area (Å²) in [6.07, 6.45) is 4.07. The molecule has 0 radical (unpaired) electrons. The van der Waals surface area contributed by atoms with Crippen molar-refractivity contribution in [1.82, 2.24) is 0 Å². The van der Waals surface area contributed by atoms with Gasteiger partial charge in [-0.25, -0.2) is 0 Å². The molecular weight excluding hydrogens is 304 g/mol. The molecule has 0 amide bonds. The van der Waals surface area contributed by atoms with Gasteiger partial charge in [-0.2, -0.15) is 11.8 Å². The molecule has 2 aromatic carbocycles. The van der Waals surface area contributed by atoms with Crippen LogP contribution in [0.5, 0.6) is 5.75 Å². The van der Waals surface area contributed by atoms with E-state index < -0.39 is 0 Å². The zero-order chi connectivity index (χ0) is 16.5. The Morgan fingerprint density at radius 1 is 1.13 bits per heavy atom. The van der Waals surface area contributed by atoms with Gasteiger partial charge in [0.1, 0.15) is 5.75 Å². The maximum atomic E-state index is 12.3. The van der Waals surface area contributed by atoms with Crippen molar-refractivity contribution in [3.05, 3.63) is 71.8 Å². The Kier molecular flexibility index (Phi) is 6.95. The van der Waals surface area contributed by atoms with E-state index in [0.29, 0.717) is 6.42 Å². The molecular formula is C20H22O2S. The third kappa shape index (κ3) is 5.61. The van der Waals surface area contributed by atoms with Crippen LogP contribution in [0.15, 0.2) is 60.7 Å². The fraction of sp³-hybridized carbons (Fsp3) is 0.250. The molecule has 0 aliphatic carbocycles. The summed E-state index contributed by atoms with van der Waals surface area (Å²) in [6, 6.07) is 17.9. The molecule has 120 valence electrons. The number of rotatable bonds is 8. The third-order valence-corrected chi connectivity index (χ3v) is 4.68. The second kappa shape index (κ2) is 9.21. The zero-order valence-electron chi connectivity index (χ0n) is 13.6. The van der Waals surface area contributed by atoms with Crippen LogP contribution in [0.1, 0.15) is 29.7 Å². The number of benzene rings is 2. The summed E-state index contributed by atoms with van der Waals surface area (Å²) in [6.45, 7) is 2.12. The van der Waals surface area contributed by atoms with Crippen LogP contribution in [-0.2, 0) is 4.79 Å². The number of carbonyl (C=O) groups excluding carboxylic acids is 1. The number of hydrogen-bond donors (Lipinski definition) is 0. The van der Waals surface area contributed by atoms with E-state index in [-0.39, 0.29) is 11.0 Å². The van der Waals surface area contributed by atoms with Gasteiger partial charge in [-0.1, -0.05) is 55.5 Å². The zero-order valence-corrected chi connectivity index (χ0v) is 14.4. The molecule has 3 heteroatoms. The fourth-order valence-corrected chi connectivity index (χ4v) is 3.33. The van der Waals surface area contributed by atoms with E-state index in [0.717, 1.165) is 17.1 Å². The van der Waals surface area contributed by atoms with E-state index in [9.17, 15) is 4.79 Å². The van der Waals surface area contributed by atoms with Crippen molar-refractivity contribution < 1.29 is 9.53 Å². The molecule has 2 aromatic rings. The first-order valence-electron chi connectivity index (χ1n) is 7.74. The van der Waals surface area contributed by atoms with Gasteiger partial charge in [0.25, 0.3) is 0 Å². The quantitative estimate of drug-likeness (QED) is 0.627. The number of thioether (sulfide) groups is 1. The first-order valence-corrected chi connectivity index (χ1v) is 8.79. The monoisotopic (exact) mass is 326 g/mol. The lowest BCUT2D eigenvalue weighted by Crippen LogP contribution is -2.02. The van der Waals surface area contributed by atoms with Gasteiger partial charge in [0.2, 0.25) is 0 Å². The van der Waals surface area contributed by atoms with Gasteiger partial charge in [0.05, 0.1) is 7.11 Å². The Balaban J connectivity index is 2.03. The SMILES string of the molecule is CCS[C@H](CC(=O)/C=C/c1ccccc1)c1ccc(OC)cc1. The lowest BCUT2D eigenvalue weighted by atomic mass is 10.1. The van der Waals surface area contributed by atoms with Crippen LogP contribution in [0.4, 0.5) is 0 Å². The van der Waals surface area contributed by atoms with Gasteiger partial charge < -0.3 is 4.74 Å². The summed E-state index contributed by atoms with van der Waals surface area (Å²) in [5.74, 6) is 1.96. The van der Waals surface area contributed by atoms with Crippen molar-refractivity contribution in [2.45, 2.75) is 18.6 Å². The highest BCUT2D eigenvalue weighted by Crippen LogP contribution is 2.33. The first-order chi connectivity index (χ1) is 11.2. The largest absolute Gasteiger partial charge is 0.497 e. The summed E-state index contributed by atoms with van der Waals surface area (Å²) in [5, 5.41) is 0.179. The van der Waals surface area contributed by atoms with E-state index >= 15 is 0 Å². The van der Waals surface area contributed by atoms with Crippen molar-refractivity contribution in [1.29, 1.82) is 0 Å². The molecule has 23 heavy (non-hydrogen) atoms. The van der Waals surface area contributed by atoms with E-state index in [1.165, 1.54) is 5.56 Å². The van der Waals surface area contributed by atoms with Crippen LogP contribution in [0, 0.1) is 0 Å². The van der Waals surface area contributed by atoms with Crippen LogP contribution < -0.4 is 4.74 Å². The highest BCUT2D eigenvalue weighted by atomic mass is 32.2. The van der Waals surface area contributed by atoms with Crippen molar-refractivity contribution in [2.75, 3.05) is 12.9 Å². The molecule has 0 aromatic heterocycles. The Morgan fingerprint density at radius 3 is 2.43 bits per heavy atom. The smallest absolute Gasteiger partial charge is 0.157 e. The Labute approximate surface area is 142 Å².